The molecule has 0 aliphatic heterocycles. The molecule has 0 atom stereocenters. The zero-order valence-electron chi connectivity index (χ0n) is 17.4. The molecule has 0 saturated carbocycles. The SMILES string of the molecule is CC(C)O[Si](CCc1cc(C(F)(F)F)cc(C(F)(F)F)c1)(OC(C)C)OC(C)C. The third-order valence-electron chi connectivity index (χ3n) is 3.61. The summed E-state index contributed by atoms with van der Waals surface area (Å²) < 4.78 is 96.3. The smallest absolute Gasteiger partial charge is 0.371 e. The number of aryl methyl sites for hydroxylation is 1. The van der Waals surface area contributed by atoms with Gasteiger partial charge in [-0.1, -0.05) is 0 Å². The molecule has 1 aromatic carbocycles. The van der Waals surface area contributed by atoms with Crippen LogP contribution >= 0.6 is 0 Å². The van der Waals surface area contributed by atoms with Crippen molar-refractivity contribution in [2.45, 2.75) is 84.7 Å². The number of alkyl halides is 6. The van der Waals surface area contributed by atoms with Crippen molar-refractivity contribution in [3.63, 3.8) is 0 Å². The third kappa shape index (κ3) is 8.65. The Morgan fingerprint density at radius 1 is 0.690 bits per heavy atom. The molecule has 0 aromatic heterocycles. The lowest BCUT2D eigenvalue weighted by Crippen LogP contribution is -2.51. The van der Waals surface area contributed by atoms with Crippen LogP contribution in [-0.4, -0.2) is 27.1 Å². The fraction of sp³-hybridized carbons (Fsp3) is 0.684. The molecule has 0 aliphatic carbocycles. The first kappa shape index (κ1) is 25.9. The summed E-state index contributed by atoms with van der Waals surface area (Å²) in [6, 6.07) is 1.64. The van der Waals surface area contributed by atoms with Crippen molar-refractivity contribution in [3.05, 3.63) is 34.9 Å². The van der Waals surface area contributed by atoms with Crippen LogP contribution in [0, 0.1) is 0 Å². The zero-order valence-corrected chi connectivity index (χ0v) is 18.4. The van der Waals surface area contributed by atoms with E-state index in [2.05, 4.69) is 0 Å². The van der Waals surface area contributed by atoms with E-state index < -0.39 is 32.3 Å². The third-order valence-corrected chi connectivity index (χ3v) is 6.97. The Labute approximate surface area is 168 Å². The fourth-order valence-electron chi connectivity index (χ4n) is 2.80. The maximum Gasteiger partial charge on any atom is 0.501 e. The summed E-state index contributed by atoms with van der Waals surface area (Å²) in [5, 5.41) is 0. The van der Waals surface area contributed by atoms with Crippen LogP contribution in [0.1, 0.15) is 58.2 Å². The average Bonchev–Trinajstić information content (AvgIpc) is 2.49. The maximum atomic E-state index is 13.1. The van der Waals surface area contributed by atoms with Crippen LogP contribution in [0.5, 0.6) is 0 Å². The fourth-order valence-corrected chi connectivity index (χ4v) is 6.07. The van der Waals surface area contributed by atoms with E-state index in [-0.39, 0.29) is 42.4 Å². The highest BCUT2D eigenvalue weighted by Gasteiger charge is 2.44. The van der Waals surface area contributed by atoms with Crippen LogP contribution in [0.4, 0.5) is 26.3 Å². The van der Waals surface area contributed by atoms with Crippen molar-refractivity contribution in [2.75, 3.05) is 0 Å². The van der Waals surface area contributed by atoms with Gasteiger partial charge in [-0.05, 0) is 71.7 Å². The Morgan fingerprint density at radius 3 is 1.31 bits per heavy atom. The van der Waals surface area contributed by atoms with Crippen molar-refractivity contribution in [2.24, 2.45) is 0 Å². The van der Waals surface area contributed by atoms with Gasteiger partial charge in [0.1, 0.15) is 0 Å². The molecule has 29 heavy (non-hydrogen) atoms. The highest BCUT2D eigenvalue weighted by Crippen LogP contribution is 2.37. The summed E-state index contributed by atoms with van der Waals surface area (Å²) in [5.74, 6) is 0. The largest absolute Gasteiger partial charge is 0.501 e. The molecule has 0 aliphatic rings. The molecule has 3 nitrogen and oxygen atoms in total. The van der Waals surface area contributed by atoms with Crippen LogP contribution in [0.3, 0.4) is 0 Å². The predicted molar refractivity (Wildman–Crippen MR) is 99.4 cm³/mol. The number of halogens is 6. The minimum Gasteiger partial charge on any atom is -0.371 e. The van der Waals surface area contributed by atoms with Crippen LogP contribution in [0.25, 0.3) is 0 Å². The van der Waals surface area contributed by atoms with Crippen molar-refractivity contribution >= 4 is 8.80 Å². The van der Waals surface area contributed by atoms with Gasteiger partial charge in [0.15, 0.2) is 0 Å². The summed E-state index contributed by atoms with van der Waals surface area (Å²) in [4.78, 5) is 0. The van der Waals surface area contributed by atoms with Crippen molar-refractivity contribution in [3.8, 4) is 0 Å². The van der Waals surface area contributed by atoms with Gasteiger partial charge < -0.3 is 13.3 Å². The molecule has 0 amide bonds. The molecule has 0 unspecified atom stereocenters. The molecule has 0 heterocycles. The van der Waals surface area contributed by atoms with Gasteiger partial charge in [0.25, 0.3) is 0 Å². The highest BCUT2D eigenvalue weighted by atomic mass is 28.4. The summed E-state index contributed by atoms with van der Waals surface area (Å²) in [5.41, 5.74) is -2.78. The lowest BCUT2D eigenvalue weighted by atomic mass is 10.0. The van der Waals surface area contributed by atoms with Gasteiger partial charge in [0, 0.05) is 24.4 Å². The number of hydrogen-bond acceptors (Lipinski definition) is 3. The standard InChI is InChI=1S/C19H28F6O3Si/c1-12(2)26-29(27-13(3)4,28-14(5)6)8-7-15-9-16(18(20,21)22)11-17(10-15)19(23,24)25/h9-14H,7-8H2,1-6H3. The summed E-state index contributed by atoms with van der Waals surface area (Å²) >= 11 is 0. The molecule has 1 rings (SSSR count). The molecule has 0 spiro atoms. The van der Waals surface area contributed by atoms with E-state index in [9.17, 15) is 26.3 Å². The van der Waals surface area contributed by atoms with Gasteiger partial charge in [-0.25, -0.2) is 0 Å². The minimum absolute atomic E-state index is 0.0557. The van der Waals surface area contributed by atoms with Crippen molar-refractivity contribution < 1.29 is 39.6 Å². The average molecular weight is 447 g/mol. The maximum absolute atomic E-state index is 13.1. The molecule has 0 radical (unpaired) electrons. The van der Waals surface area contributed by atoms with Crippen molar-refractivity contribution in [1.29, 1.82) is 0 Å². The summed E-state index contributed by atoms with van der Waals surface area (Å²) in [6.45, 7) is 10.6. The molecule has 168 valence electrons. The molecule has 1 aromatic rings. The second kappa shape index (κ2) is 9.80. The van der Waals surface area contributed by atoms with E-state index in [0.717, 1.165) is 12.1 Å². The van der Waals surface area contributed by atoms with E-state index in [1.165, 1.54) is 0 Å². The van der Waals surface area contributed by atoms with Gasteiger partial charge in [0.05, 0.1) is 11.1 Å². The minimum atomic E-state index is -4.89. The van der Waals surface area contributed by atoms with Crippen LogP contribution in [0.15, 0.2) is 18.2 Å². The van der Waals surface area contributed by atoms with E-state index in [0.29, 0.717) is 0 Å². The summed E-state index contributed by atoms with van der Waals surface area (Å²) in [7, 11) is -3.36. The molecule has 0 fully saturated rings. The molecule has 0 bridgehead atoms. The Bertz CT molecular complexity index is 598. The second-order valence-corrected chi connectivity index (χ2v) is 10.2. The van der Waals surface area contributed by atoms with E-state index >= 15 is 0 Å². The quantitative estimate of drug-likeness (QED) is 0.321. The molecular weight excluding hydrogens is 418 g/mol. The normalized spacial score (nSPS) is 13.8. The zero-order chi connectivity index (χ0) is 22.6. The first-order valence-corrected chi connectivity index (χ1v) is 11.3. The lowest BCUT2D eigenvalue weighted by Gasteiger charge is -2.34. The summed E-state index contributed by atoms with van der Waals surface area (Å²) in [6.07, 6.45) is -10.7. The number of hydrogen-bond donors (Lipinski definition) is 0. The van der Waals surface area contributed by atoms with E-state index in [4.69, 9.17) is 13.3 Å². The Hall–Kier alpha value is -1.10. The van der Waals surface area contributed by atoms with Gasteiger partial charge in [-0.2, -0.15) is 26.3 Å². The monoisotopic (exact) mass is 446 g/mol. The lowest BCUT2D eigenvalue weighted by molar-refractivity contribution is -0.143. The van der Waals surface area contributed by atoms with Gasteiger partial charge in [0.2, 0.25) is 0 Å². The predicted octanol–water partition coefficient (Wildman–Crippen LogP) is 6.48. The Kier molecular flexibility index (Phi) is 8.77. The van der Waals surface area contributed by atoms with Crippen LogP contribution in [0.2, 0.25) is 6.04 Å². The Morgan fingerprint density at radius 2 is 1.03 bits per heavy atom. The van der Waals surface area contributed by atoms with Crippen molar-refractivity contribution in [1.82, 2.24) is 0 Å². The Balaban J connectivity index is 3.29. The first-order valence-electron chi connectivity index (χ1n) is 9.36. The molecule has 0 saturated heterocycles. The highest BCUT2D eigenvalue weighted by molar-refractivity contribution is 6.60. The topological polar surface area (TPSA) is 27.7 Å². The molecular formula is C19H28F6O3Si. The van der Waals surface area contributed by atoms with Crippen LogP contribution < -0.4 is 0 Å². The van der Waals surface area contributed by atoms with Gasteiger partial charge in [-0.15, -0.1) is 0 Å². The number of benzene rings is 1. The van der Waals surface area contributed by atoms with E-state index in [1.807, 2.05) is 0 Å². The van der Waals surface area contributed by atoms with Crippen LogP contribution in [-0.2, 0) is 32.1 Å². The molecule has 0 N–H and O–H groups in total. The second-order valence-electron chi connectivity index (χ2n) is 7.60. The first-order chi connectivity index (χ1) is 13.0. The number of rotatable bonds is 9. The molecule has 10 heteroatoms. The van der Waals surface area contributed by atoms with Gasteiger partial charge >= 0.3 is 21.2 Å². The van der Waals surface area contributed by atoms with Gasteiger partial charge in [-0.3, -0.25) is 0 Å². The van der Waals surface area contributed by atoms with E-state index in [1.54, 1.807) is 41.5 Å².